The first-order valence-electron chi connectivity index (χ1n) is 13.4. The van der Waals surface area contributed by atoms with Gasteiger partial charge in [0, 0.05) is 27.2 Å². The number of aryl methyl sites for hydroxylation is 1. The highest BCUT2D eigenvalue weighted by atomic mass is 127. The molecule has 1 heterocycles. The van der Waals surface area contributed by atoms with E-state index in [0.29, 0.717) is 35.3 Å². The van der Waals surface area contributed by atoms with Crippen LogP contribution in [0.15, 0.2) is 95.4 Å². The molecule has 0 fully saturated rings. The van der Waals surface area contributed by atoms with Crippen LogP contribution in [0.5, 0.6) is 11.5 Å². The fourth-order valence-corrected chi connectivity index (χ4v) is 5.70. The molecule has 0 bridgehead atoms. The number of hydrogen-bond donors (Lipinski definition) is 2. The maximum atomic E-state index is 12.7. The number of rotatable bonds is 11. The molecule has 218 valence electrons. The molecular formula is C33H28ClIN4O3S. The smallest absolute Gasteiger partial charge is 0.271 e. The van der Waals surface area contributed by atoms with Gasteiger partial charge < -0.3 is 14.8 Å². The van der Waals surface area contributed by atoms with E-state index in [1.54, 1.807) is 18.3 Å². The molecule has 1 aromatic heterocycles. The van der Waals surface area contributed by atoms with Crippen LogP contribution in [0.3, 0.4) is 0 Å². The van der Waals surface area contributed by atoms with Crippen LogP contribution in [-0.4, -0.2) is 23.7 Å². The van der Waals surface area contributed by atoms with E-state index in [-0.39, 0.29) is 5.91 Å². The van der Waals surface area contributed by atoms with Gasteiger partial charge in [0.2, 0.25) is 0 Å². The molecular weight excluding hydrogens is 695 g/mol. The van der Waals surface area contributed by atoms with E-state index in [1.165, 1.54) is 16.9 Å². The van der Waals surface area contributed by atoms with Gasteiger partial charge in [-0.3, -0.25) is 4.79 Å². The number of hydrogen-bond acceptors (Lipinski definition) is 7. The van der Waals surface area contributed by atoms with Crippen molar-refractivity contribution < 1.29 is 14.3 Å². The van der Waals surface area contributed by atoms with E-state index in [9.17, 15) is 4.79 Å². The second-order valence-electron chi connectivity index (χ2n) is 9.48. The quantitative estimate of drug-likeness (QED) is 0.0809. The lowest BCUT2D eigenvalue weighted by Gasteiger charge is -2.15. The highest BCUT2D eigenvalue weighted by Crippen LogP contribution is 2.34. The fourth-order valence-electron chi connectivity index (χ4n) is 4.05. The van der Waals surface area contributed by atoms with E-state index in [2.05, 4.69) is 62.5 Å². The largest absolute Gasteiger partial charge is 0.490 e. The number of ether oxygens (including phenoxy) is 2. The average Bonchev–Trinajstić information content (AvgIpc) is 3.47. The molecule has 5 aromatic rings. The summed E-state index contributed by atoms with van der Waals surface area (Å²) in [6.07, 6.45) is 1.58. The molecule has 0 aliphatic rings. The topological polar surface area (TPSA) is 84.8 Å². The zero-order valence-corrected chi connectivity index (χ0v) is 27.2. The third kappa shape index (κ3) is 8.34. The average molecular weight is 723 g/mol. The number of carbonyl (C=O) groups is 1. The number of nitrogens with one attached hydrogen (secondary N) is 2. The standard InChI is InChI=1S/C33H28ClIN4O3S/c1-3-41-30-17-23(16-28(35)31(30)42-19-22-6-12-26(34)13-7-22)18-36-39-32(40)25-10-8-24(9-11-25)29-20-43-33(38-29)37-27-14-4-21(2)5-15-27/h4-18,20H,3,19H2,1-2H3,(H,37,38)(H,39,40)/b36-18-. The van der Waals surface area contributed by atoms with Gasteiger partial charge in [0.1, 0.15) is 6.61 Å². The lowest BCUT2D eigenvalue weighted by Crippen LogP contribution is -2.17. The van der Waals surface area contributed by atoms with Gasteiger partial charge in [-0.25, -0.2) is 10.4 Å². The van der Waals surface area contributed by atoms with Gasteiger partial charge in [0.25, 0.3) is 5.91 Å². The second-order valence-corrected chi connectivity index (χ2v) is 11.9. The van der Waals surface area contributed by atoms with E-state index in [4.69, 9.17) is 21.1 Å². The van der Waals surface area contributed by atoms with Gasteiger partial charge in [0.05, 0.1) is 22.1 Å². The predicted molar refractivity (Wildman–Crippen MR) is 183 cm³/mol. The molecule has 10 heteroatoms. The Morgan fingerprint density at radius 3 is 2.49 bits per heavy atom. The van der Waals surface area contributed by atoms with Crippen LogP contribution in [0.1, 0.15) is 34.0 Å². The number of amides is 1. The number of aromatic nitrogens is 1. The Morgan fingerprint density at radius 2 is 1.77 bits per heavy atom. The van der Waals surface area contributed by atoms with Crippen molar-refractivity contribution in [1.82, 2.24) is 10.4 Å². The van der Waals surface area contributed by atoms with Crippen LogP contribution in [-0.2, 0) is 6.61 Å². The van der Waals surface area contributed by atoms with E-state index >= 15 is 0 Å². The van der Waals surface area contributed by atoms with Gasteiger partial charge in [-0.2, -0.15) is 5.10 Å². The number of nitrogens with zero attached hydrogens (tertiary/aromatic N) is 2. The second kappa shape index (κ2) is 14.5. The summed E-state index contributed by atoms with van der Waals surface area (Å²) in [6, 6.07) is 26.7. The number of halogens is 2. The third-order valence-electron chi connectivity index (χ3n) is 6.26. The van der Waals surface area contributed by atoms with Gasteiger partial charge in [-0.1, -0.05) is 53.6 Å². The molecule has 0 aliphatic heterocycles. The number of thiazole rings is 1. The Bertz CT molecular complexity index is 1720. The minimum Gasteiger partial charge on any atom is -0.490 e. The zero-order valence-electron chi connectivity index (χ0n) is 23.4. The van der Waals surface area contributed by atoms with Gasteiger partial charge in [-0.15, -0.1) is 11.3 Å². The van der Waals surface area contributed by atoms with Crippen LogP contribution in [0.2, 0.25) is 5.02 Å². The molecule has 0 spiro atoms. The van der Waals surface area contributed by atoms with Gasteiger partial charge in [0.15, 0.2) is 16.6 Å². The first kappa shape index (κ1) is 30.5. The number of anilines is 2. The summed E-state index contributed by atoms with van der Waals surface area (Å²) in [6.45, 7) is 4.83. The zero-order chi connectivity index (χ0) is 30.2. The molecule has 7 nitrogen and oxygen atoms in total. The normalized spacial score (nSPS) is 11.0. The maximum Gasteiger partial charge on any atom is 0.271 e. The Morgan fingerprint density at radius 1 is 1.02 bits per heavy atom. The summed E-state index contributed by atoms with van der Waals surface area (Å²) in [4.78, 5) is 17.4. The van der Waals surface area contributed by atoms with Crippen LogP contribution < -0.4 is 20.2 Å². The molecule has 5 rings (SSSR count). The Hall–Kier alpha value is -3.93. The third-order valence-corrected chi connectivity index (χ3v) is 8.07. The van der Waals surface area contributed by atoms with Gasteiger partial charge >= 0.3 is 0 Å². The molecule has 2 N–H and O–H groups in total. The first-order chi connectivity index (χ1) is 20.9. The first-order valence-corrected chi connectivity index (χ1v) is 15.8. The summed E-state index contributed by atoms with van der Waals surface area (Å²) in [5, 5.41) is 11.0. The number of benzene rings is 4. The minimum atomic E-state index is -0.314. The van der Waals surface area contributed by atoms with Crippen LogP contribution in [0.4, 0.5) is 10.8 Å². The van der Waals surface area contributed by atoms with Crippen molar-refractivity contribution in [2.45, 2.75) is 20.5 Å². The van der Waals surface area contributed by atoms with E-state index in [0.717, 1.165) is 36.8 Å². The number of carbonyl (C=O) groups excluding carboxylic acids is 1. The lowest BCUT2D eigenvalue weighted by atomic mass is 10.1. The van der Waals surface area contributed by atoms with Gasteiger partial charge in [-0.05, 0) is 96.1 Å². The Kier molecular flexibility index (Phi) is 10.3. The summed E-state index contributed by atoms with van der Waals surface area (Å²) < 4.78 is 12.8. The van der Waals surface area contributed by atoms with E-state index < -0.39 is 0 Å². The van der Waals surface area contributed by atoms with Crippen LogP contribution >= 0.6 is 45.5 Å². The molecule has 0 radical (unpaired) electrons. The summed E-state index contributed by atoms with van der Waals surface area (Å²) in [5.74, 6) is 0.938. The van der Waals surface area contributed by atoms with Crippen molar-refractivity contribution >= 4 is 68.5 Å². The van der Waals surface area contributed by atoms with Crippen LogP contribution in [0.25, 0.3) is 11.3 Å². The van der Waals surface area contributed by atoms with Crippen molar-refractivity contribution in [3.8, 4) is 22.8 Å². The minimum absolute atomic E-state index is 0.314. The molecule has 0 saturated heterocycles. The molecule has 0 aliphatic carbocycles. The molecule has 4 aromatic carbocycles. The van der Waals surface area contributed by atoms with Crippen LogP contribution in [0, 0.1) is 10.5 Å². The van der Waals surface area contributed by atoms with Crippen molar-refractivity contribution in [1.29, 1.82) is 0 Å². The Balaban J connectivity index is 1.19. The lowest BCUT2D eigenvalue weighted by molar-refractivity contribution is 0.0955. The molecule has 0 saturated carbocycles. The highest BCUT2D eigenvalue weighted by Gasteiger charge is 2.13. The fraction of sp³-hybridized carbons (Fsp3) is 0.121. The van der Waals surface area contributed by atoms with E-state index in [1.807, 2.05) is 73.0 Å². The molecule has 1 amide bonds. The Labute approximate surface area is 273 Å². The molecule has 0 atom stereocenters. The maximum absolute atomic E-state index is 12.7. The monoisotopic (exact) mass is 722 g/mol. The molecule has 43 heavy (non-hydrogen) atoms. The summed E-state index contributed by atoms with van der Waals surface area (Å²) in [5.41, 5.74) is 8.80. The van der Waals surface area contributed by atoms with Crippen molar-refractivity contribution in [2.24, 2.45) is 5.10 Å². The molecule has 0 unspecified atom stereocenters. The van der Waals surface area contributed by atoms with Crippen molar-refractivity contribution in [3.05, 3.63) is 121 Å². The SMILES string of the molecule is CCOc1cc(/C=N\NC(=O)c2ccc(-c3csc(Nc4ccc(C)cc4)n3)cc2)cc(I)c1OCc1ccc(Cl)cc1. The van der Waals surface area contributed by atoms with Crippen molar-refractivity contribution in [3.63, 3.8) is 0 Å². The summed E-state index contributed by atoms with van der Waals surface area (Å²) >= 11 is 9.72. The highest BCUT2D eigenvalue weighted by molar-refractivity contribution is 14.1. The van der Waals surface area contributed by atoms with Crippen molar-refractivity contribution in [2.75, 3.05) is 11.9 Å². The summed E-state index contributed by atoms with van der Waals surface area (Å²) in [7, 11) is 0. The number of hydrazone groups is 1. The predicted octanol–water partition coefficient (Wildman–Crippen LogP) is 8.86.